The number of nitrogens with one attached hydrogen (secondary N) is 1. The van der Waals surface area contributed by atoms with Crippen molar-refractivity contribution >= 4 is 17.3 Å². The predicted molar refractivity (Wildman–Crippen MR) is 56.3 cm³/mol. The molecule has 0 aliphatic rings. The molecule has 0 aliphatic carbocycles. The molecule has 0 radical (unpaired) electrons. The fraction of sp³-hybridized carbons (Fsp3) is 0.300. The Balaban J connectivity index is 3.13. The number of carbonyl (C=O) groups excluding carboxylic acids is 1. The van der Waals surface area contributed by atoms with Crippen LogP contribution in [0.5, 0.6) is 0 Å². The van der Waals surface area contributed by atoms with Crippen LogP contribution in [-0.4, -0.2) is 19.6 Å². The summed E-state index contributed by atoms with van der Waals surface area (Å²) >= 11 is 0. The highest BCUT2D eigenvalue weighted by atomic mass is 19.1. The number of ether oxygens (including phenoxy) is 1. The van der Waals surface area contributed by atoms with Gasteiger partial charge in [0, 0.05) is 6.54 Å². The van der Waals surface area contributed by atoms with Crippen LogP contribution in [0.25, 0.3) is 0 Å². The van der Waals surface area contributed by atoms with Crippen molar-refractivity contribution in [1.29, 1.82) is 0 Å². The number of nitrogen functional groups attached to an aromatic ring is 1. The third kappa shape index (κ3) is 2.37. The molecular formula is C10H13FN2O2. The summed E-state index contributed by atoms with van der Waals surface area (Å²) < 4.78 is 17.9. The zero-order chi connectivity index (χ0) is 11.4. The van der Waals surface area contributed by atoms with Crippen LogP contribution in [-0.2, 0) is 4.74 Å². The van der Waals surface area contributed by atoms with Gasteiger partial charge in [0.15, 0.2) is 0 Å². The van der Waals surface area contributed by atoms with Crippen LogP contribution in [0.4, 0.5) is 15.8 Å². The summed E-state index contributed by atoms with van der Waals surface area (Å²) in [7, 11) is 1.23. The van der Waals surface area contributed by atoms with Gasteiger partial charge in [0.25, 0.3) is 0 Å². The van der Waals surface area contributed by atoms with E-state index in [1.807, 2.05) is 6.92 Å². The number of hydrogen-bond donors (Lipinski definition) is 2. The van der Waals surface area contributed by atoms with Gasteiger partial charge < -0.3 is 15.8 Å². The van der Waals surface area contributed by atoms with E-state index in [-0.39, 0.29) is 16.9 Å². The quantitative estimate of drug-likeness (QED) is 0.590. The Hall–Kier alpha value is -1.78. The number of halogens is 1. The van der Waals surface area contributed by atoms with E-state index in [2.05, 4.69) is 10.1 Å². The minimum Gasteiger partial charge on any atom is -0.465 e. The van der Waals surface area contributed by atoms with Gasteiger partial charge in [0.2, 0.25) is 0 Å². The fourth-order valence-corrected chi connectivity index (χ4v) is 1.23. The third-order valence-corrected chi connectivity index (χ3v) is 1.90. The van der Waals surface area contributed by atoms with E-state index in [9.17, 15) is 9.18 Å². The summed E-state index contributed by atoms with van der Waals surface area (Å²) in [5.74, 6) is -1.17. The molecule has 0 aliphatic heterocycles. The summed E-state index contributed by atoms with van der Waals surface area (Å²) in [4.78, 5) is 11.1. The Kier molecular flexibility index (Phi) is 3.49. The maximum absolute atomic E-state index is 13.4. The van der Waals surface area contributed by atoms with E-state index in [4.69, 9.17) is 5.73 Å². The Morgan fingerprint density at radius 2 is 2.27 bits per heavy atom. The highest BCUT2D eigenvalue weighted by Gasteiger charge is 2.12. The molecule has 0 atom stereocenters. The second-order valence-corrected chi connectivity index (χ2v) is 2.94. The number of methoxy groups -OCH3 is 1. The van der Waals surface area contributed by atoms with E-state index in [0.717, 1.165) is 6.07 Å². The van der Waals surface area contributed by atoms with Crippen molar-refractivity contribution in [3.05, 3.63) is 23.5 Å². The van der Waals surface area contributed by atoms with Gasteiger partial charge in [-0.05, 0) is 19.1 Å². The molecule has 0 heterocycles. The first-order valence-electron chi connectivity index (χ1n) is 4.51. The average molecular weight is 212 g/mol. The lowest BCUT2D eigenvalue weighted by Crippen LogP contribution is -2.08. The molecule has 0 saturated carbocycles. The predicted octanol–water partition coefficient (Wildman–Crippen LogP) is 1.63. The Bertz CT molecular complexity index is 357. The van der Waals surface area contributed by atoms with Gasteiger partial charge in [-0.2, -0.15) is 0 Å². The molecule has 3 N–H and O–H groups in total. The molecule has 0 spiro atoms. The van der Waals surface area contributed by atoms with Crippen LogP contribution in [0.1, 0.15) is 17.3 Å². The highest BCUT2D eigenvalue weighted by molar-refractivity contribution is 5.92. The molecule has 1 rings (SSSR count). The fourth-order valence-electron chi connectivity index (χ4n) is 1.23. The number of anilines is 2. The Morgan fingerprint density at radius 3 is 2.73 bits per heavy atom. The van der Waals surface area contributed by atoms with Crippen molar-refractivity contribution in [1.82, 2.24) is 0 Å². The first kappa shape index (κ1) is 11.3. The van der Waals surface area contributed by atoms with Gasteiger partial charge in [-0.3, -0.25) is 0 Å². The van der Waals surface area contributed by atoms with Crippen LogP contribution in [0, 0.1) is 5.82 Å². The molecule has 82 valence electrons. The maximum atomic E-state index is 13.4. The van der Waals surface area contributed by atoms with Crippen molar-refractivity contribution in [2.24, 2.45) is 0 Å². The van der Waals surface area contributed by atoms with Gasteiger partial charge in [-0.15, -0.1) is 0 Å². The summed E-state index contributed by atoms with van der Waals surface area (Å²) in [5.41, 5.74) is 6.10. The van der Waals surface area contributed by atoms with E-state index in [1.54, 1.807) is 0 Å². The zero-order valence-corrected chi connectivity index (χ0v) is 8.63. The standard InChI is InChI=1S/C10H13FN2O2/c1-3-13-9-7(11)4-6(5-8(9)12)10(14)15-2/h4-5,13H,3,12H2,1-2H3. The molecule has 0 saturated heterocycles. The largest absolute Gasteiger partial charge is 0.465 e. The minimum atomic E-state index is -0.608. The van der Waals surface area contributed by atoms with Crippen LogP contribution in [0.3, 0.4) is 0 Å². The number of carbonyl (C=O) groups is 1. The number of benzene rings is 1. The molecule has 0 aromatic heterocycles. The lowest BCUT2D eigenvalue weighted by atomic mass is 10.1. The topological polar surface area (TPSA) is 64.3 Å². The zero-order valence-electron chi connectivity index (χ0n) is 8.63. The van der Waals surface area contributed by atoms with Crippen molar-refractivity contribution in [2.75, 3.05) is 24.7 Å². The molecule has 1 aromatic carbocycles. The number of hydrogen-bond acceptors (Lipinski definition) is 4. The minimum absolute atomic E-state index is 0.106. The maximum Gasteiger partial charge on any atom is 0.338 e. The molecule has 4 nitrogen and oxygen atoms in total. The Labute approximate surface area is 87.2 Å². The van der Waals surface area contributed by atoms with Gasteiger partial charge in [0.05, 0.1) is 24.0 Å². The molecule has 1 aromatic rings. The van der Waals surface area contributed by atoms with E-state index in [0.29, 0.717) is 6.54 Å². The highest BCUT2D eigenvalue weighted by Crippen LogP contribution is 2.24. The second-order valence-electron chi connectivity index (χ2n) is 2.94. The molecule has 0 amide bonds. The van der Waals surface area contributed by atoms with Crippen LogP contribution >= 0.6 is 0 Å². The van der Waals surface area contributed by atoms with Crippen LogP contribution in [0.2, 0.25) is 0 Å². The van der Waals surface area contributed by atoms with E-state index < -0.39 is 11.8 Å². The second kappa shape index (κ2) is 4.63. The molecule has 0 fully saturated rings. The SMILES string of the molecule is CCNc1c(N)cc(C(=O)OC)cc1F. The average Bonchev–Trinajstić information content (AvgIpc) is 2.22. The van der Waals surface area contributed by atoms with Crippen molar-refractivity contribution in [2.45, 2.75) is 6.92 Å². The lowest BCUT2D eigenvalue weighted by molar-refractivity contribution is 0.0600. The van der Waals surface area contributed by atoms with Crippen molar-refractivity contribution < 1.29 is 13.9 Å². The van der Waals surface area contributed by atoms with Crippen LogP contribution < -0.4 is 11.1 Å². The summed E-state index contributed by atoms with van der Waals surface area (Å²) in [5, 5.41) is 2.78. The number of rotatable bonds is 3. The van der Waals surface area contributed by atoms with Crippen LogP contribution in [0.15, 0.2) is 12.1 Å². The third-order valence-electron chi connectivity index (χ3n) is 1.90. The van der Waals surface area contributed by atoms with Gasteiger partial charge >= 0.3 is 5.97 Å². The first-order chi connectivity index (χ1) is 7.10. The van der Waals surface area contributed by atoms with Gasteiger partial charge in [-0.1, -0.05) is 0 Å². The number of nitrogens with two attached hydrogens (primary N) is 1. The summed E-state index contributed by atoms with van der Waals surface area (Å²) in [6.07, 6.45) is 0. The summed E-state index contributed by atoms with van der Waals surface area (Å²) in [6.45, 7) is 2.38. The Morgan fingerprint density at radius 1 is 1.60 bits per heavy atom. The molecular weight excluding hydrogens is 199 g/mol. The summed E-state index contributed by atoms with van der Waals surface area (Å²) in [6, 6.07) is 2.48. The molecule has 0 bridgehead atoms. The van der Waals surface area contributed by atoms with E-state index in [1.165, 1.54) is 13.2 Å². The molecule has 0 unspecified atom stereocenters. The first-order valence-corrected chi connectivity index (χ1v) is 4.51. The van der Waals surface area contributed by atoms with E-state index >= 15 is 0 Å². The number of esters is 1. The monoisotopic (exact) mass is 212 g/mol. The normalized spacial score (nSPS) is 9.80. The van der Waals surface area contributed by atoms with Crippen molar-refractivity contribution in [3.8, 4) is 0 Å². The molecule has 15 heavy (non-hydrogen) atoms. The van der Waals surface area contributed by atoms with Crippen molar-refractivity contribution in [3.63, 3.8) is 0 Å². The van der Waals surface area contributed by atoms with Gasteiger partial charge in [0.1, 0.15) is 5.82 Å². The lowest BCUT2D eigenvalue weighted by Gasteiger charge is -2.09. The van der Waals surface area contributed by atoms with Gasteiger partial charge in [-0.25, -0.2) is 9.18 Å². The molecule has 5 heteroatoms. The smallest absolute Gasteiger partial charge is 0.338 e.